The molecule has 0 unspecified atom stereocenters. The number of hydrogen-bond donors (Lipinski definition) is 1. The molecular formula is C31H33FN4O2. The average molecular weight is 519 g/mol. The fraction of sp³-hybridized carbons (Fsp3) is 0.258. The monoisotopic (exact) mass is 518 g/mol. The maximum absolute atomic E-state index is 14.4. The molecular weight excluding hydrogens is 479 g/mol. The number of ether oxygens (including phenoxy) is 1. The number of halogens is 1. The van der Waals surface area contributed by atoms with Gasteiger partial charge in [0.25, 0.3) is 0 Å². The maximum atomic E-state index is 14.4. The number of unbranched alkanes of at least 4 members (excludes halogenated alkanes) is 2. The van der Waals surface area contributed by atoms with Crippen molar-refractivity contribution in [2.75, 3.05) is 20.6 Å². The predicted molar refractivity (Wildman–Crippen MR) is 150 cm³/mol. The highest BCUT2D eigenvalue weighted by atomic mass is 19.1. The smallest absolute Gasteiger partial charge is 0.245 e. The molecule has 0 fully saturated rings. The zero-order chi connectivity index (χ0) is 31.9. The van der Waals surface area contributed by atoms with Crippen LogP contribution in [0.15, 0.2) is 79.0 Å². The first-order chi connectivity index (χ1) is 20.9. The Hall–Kier alpha value is -4.26. The van der Waals surface area contributed by atoms with E-state index < -0.39 is 25.8 Å². The van der Waals surface area contributed by atoms with E-state index in [1.165, 1.54) is 6.08 Å². The van der Waals surface area contributed by atoms with Crippen molar-refractivity contribution < 1.29 is 22.1 Å². The maximum Gasteiger partial charge on any atom is 0.245 e. The van der Waals surface area contributed by atoms with E-state index in [4.69, 9.17) is 13.0 Å². The fourth-order valence-electron chi connectivity index (χ4n) is 4.23. The predicted octanol–water partition coefficient (Wildman–Crippen LogP) is 6.66. The number of amides is 1. The molecule has 2 aromatic heterocycles. The molecule has 0 bridgehead atoms. The van der Waals surface area contributed by atoms with E-state index in [0.29, 0.717) is 42.7 Å². The van der Waals surface area contributed by atoms with Crippen molar-refractivity contribution in [1.82, 2.24) is 20.1 Å². The van der Waals surface area contributed by atoms with Crippen LogP contribution < -0.4 is 4.74 Å². The number of benzene rings is 2. The second kappa shape index (κ2) is 12.8. The van der Waals surface area contributed by atoms with Gasteiger partial charge in [-0.2, -0.15) is 9.49 Å². The van der Waals surface area contributed by atoms with Crippen LogP contribution in [0.4, 0.5) is 4.39 Å². The van der Waals surface area contributed by atoms with Gasteiger partial charge in [0, 0.05) is 40.0 Å². The van der Waals surface area contributed by atoms with E-state index >= 15 is 0 Å². The standard InChI is InChI=1S/C31H33FN4O2/c1-4-25(22-12-8-7-9-13-22)30(23-15-17-27-26(20-23)31(32)35-34-27)24-16-18-28(33-21-24)38-19-11-6-5-10-14-29(37)36(2)3/h7-10,12-18,20-21H,4-6,11,19H2,1-3H3,(H,34,35)/b14-10+,30-25-/i2D3,3D3. The largest absolute Gasteiger partial charge is 0.478 e. The molecule has 2 aromatic carbocycles. The van der Waals surface area contributed by atoms with Gasteiger partial charge in [-0.15, -0.1) is 0 Å². The molecule has 196 valence electrons. The van der Waals surface area contributed by atoms with Crippen molar-refractivity contribution in [3.05, 3.63) is 102 Å². The van der Waals surface area contributed by atoms with Crippen LogP contribution in [0.25, 0.3) is 22.0 Å². The molecule has 4 aromatic rings. The summed E-state index contributed by atoms with van der Waals surface area (Å²) in [5.74, 6) is -1.15. The van der Waals surface area contributed by atoms with Crippen molar-refractivity contribution in [2.45, 2.75) is 32.6 Å². The van der Waals surface area contributed by atoms with Gasteiger partial charge < -0.3 is 9.64 Å². The molecule has 0 aliphatic heterocycles. The number of likely N-dealkylation sites (N-methyl/N-ethyl adjacent to an activating group) is 1. The van der Waals surface area contributed by atoms with Crippen LogP contribution in [0.3, 0.4) is 0 Å². The quantitative estimate of drug-likeness (QED) is 0.137. The van der Waals surface area contributed by atoms with E-state index in [1.807, 2.05) is 42.5 Å². The Balaban J connectivity index is 1.43. The molecule has 0 aliphatic rings. The lowest BCUT2D eigenvalue weighted by Crippen LogP contribution is -2.18. The van der Waals surface area contributed by atoms with Gasteiger partial charge in [-0.05, 0) is 72.2 Å². The third-order valence-electron chi connectivity index (χ3n) is 6.09. The van der Waals surface area contributed by atoms with Crippen molar-refractivity contribution in [3.63, 3.8) is 0 Å². The Morgan fingerprint density at radius 1 is 1.08 bits per heavy atom. The van der Waals surface area contributed by atoms with Gasteiger partial charge in [-0.25, -0.2) is 4.98 Å². The Bertz CT molecular complexity index is 1620. The average Bonchev–Trinajstić information content (AvgIpc) is 3.34. The van der Waals surface area contributed by atoms with E-state index in [1.54, 1.807) is 24.4 Å². The van der Waals surface area contributed by atoms with E-state index in [2.05, 4.69) is 22.1 Å². The number of nitrogens with one attached hydrogen (secondary N) is 1. The van der Waals surface area contributed by atoms with Crippen LogP contribution in [0, 0.1) is 5.95 Å². The Morgan fingerprint density at radius 2 is 1.89 bits per heavy atom. The van der Waals surface area contributed by atoms with Crippen molar-refractivity contribution in [2.24, 2.45) is 0 Å². The molecule has 1 amide bonds. The lowest BCUT2D eigenvalue weighted by molar-refractivity contribution is -0.123. The lowest BCUT2D eigenvalue weighted by Gasteiger charge is -2.16. The second-order valence-corrected chi connectivity index (χ2v) is 8.65. The molecule has 4 rings (SSSR count). The summed E-state index contributed by atoms with van der Waals surface area (Å²) in [6, 6.07) is 19.2. The molecule has 0 radical (unpaired) electrons. The summed E-state index contributed by atoms with van der Waals surface area (Å²) >= 11 is 0. The number of allylic oxidation sites excluding steroid dienone is 2. The lowest BCUT2D eigenvalue weighted by atomic mass is 9.88. The number of hydrogen-bond acceptors (Lipinski definition) is 4. The van der Waals surface area contributed by atoms with Crippen molar-refractivity contribution >= 4 is 28.0 Å². The number of carbonyl (C=O) groups is 1. The molecule has 2 heterocycles. The molecule has 38 heavy (non-hydrogen) atoms. The van der Waals surface area contributed by atoms with Gasteiger partial charge in [0.15, 0.2) is 0 Å². The highest BCUT2D eigenvalue weighted by Crippen LogP contribution is 2.35. The van der Waals surface area contributed by atoms with Gasteiger partial charge in [-0.3, -0.25) is 9.89 Å². The summed E-state index contributed by atoms with van der Waals surface area (Å²) in [5.41, 5.74) is 5.29. The van der Waals surface area contributed by atoms with Crippen molar-refractivity contribution in [3.8, 4) is 5.88 Å². The first-order valence-corrected chi connectivity index (χ1v) is 12.4. The summed E-state index contributed by atoms with van der Waals surface area (Å²) in [6.07, 6.45) is 6.58. The van der Waals surface area contributed by atoms with Gasteiger partial charge in [0.05, 0.1) is 17.5 Å². The molecule has 0 saturated heterocycles. The summed E-state index contributed by atoms with van der Waals surface area (Å²) in [4.78, 5) is 16.6. The number of fused-ring (bicyclic) bond motifs is 1. The third kappa shape index (κ3) is 6.54. The van der Waals surface area contributed by atoms with Crippen LogP contribution in [0.1, 0.15) is 57.5 Å². The Kier molecular flexibility index (Phi) is 6.67. The Morgan fingerprint density at radius 3 is 2.63 bits per heavy atom. The van der Waals surface area contributed by atoms with E-state index in [-0.39, 0.29) is 4.90 Å². The minimum Gasteiger partial charge on any atom is -0.478 e. The number of carbonyl (C=O) groups excluding carboxylic acids is 1. The fourth-order valence-corrected chi connectivity index (χ4v) is 4.23. The first-order valence-electron chi connectivity index (χ1n) is 15.4. The molecule has 1 N–H and O–H groups in total. The molecule has 7 heteroatoms. The topological polar surface area (TPSA) is 71.1 Å². The number of pyridine rings is 1. The summed E-state index contributed by atoms with van der Waals surface area (Å²) in [6.45, 7) is -3.70. The minimum absolute atomic E-state index is 0.0764. The molecule has 0 saturated carbocycles. The van der Waals surface area contributed by atoms with Crippen LogP contribution in [0.5, 0.6) is 5.88 Å². The molecule has 0 aliphatic carbocycles. The summed E-state index contributed by atoms with van der Waals surface area (Å²) < 4.78 is 64.1. The Labute approximate surface area is 231 Å². The number of aromatic amines is 1. The van der Waals surface area contributed by atoms with E-state index in [9.17, 15) is 9.18 Å². The third-order valence-corrected chi connectivity index (χ3v) is 6.09. The molecule has 0 spiro atoms. The zero-order valence-corrected chi connectivity index (χ0v) is 21.1. The normalized spacial score (nSPS) is 15.1. The number of H-pyrrole nitrogens is 1. The second-order valence-electron chi connectivity index (χ2n) is 8.65. The van der Waals surface area contributed by atoms with Gasteiger partial charge in [0.2, 0.25) is 17.7 Å². The summed E-state index contributed by atoms with van der Waals surface area (Å²) in [5, 5.41) is 6.81. The van der Waals surface area contributed by atoms with Crippen LogP contribution in [0.2, 0.25) is 0 Å². The van der Waals surface area contributed by atoms with E-state index in [0.717, 1.165) is 40.3 Å². The minimum atomic E-state index is -3.06. The van der Waals surface area contributed by atoms with Crippen molar-refractivity contribution in [1.29, 1.82) is 0 Å². The highest BCUT2D eigenvalue weighted by molar-refractivity contribution is 6.00. The SMILES string of the molecule is [2H]C([2H])([2H])N(C(=O)/C=C/CCCCOc1ccc(/C(=C(/CC)c2ccccc2)c2ccc3n[nH]c(F)c3c2)cn1)C([2H])([2H])[2H]. The molecule has 0 atom stereocenters. The van der Waals surface area contributed by atoms with Gasteiger partial charge in [0.1, 0.15) is 0 Å². The van der Waals surface area contributed by atoms with Gasteiger partial charge in [-0.1, -0.05) is 49.4 Å². The first kappa shape index (κ1) is 19.8. The number of nitrogens with zero attached hydrogens (tertiary/aromatic N) is 3. The van der Waals surface area contributed by atoms with Crippen LogP contribution in [-0.4, -0.2) is 46.5 Å². The van der Waals surface area contributed by atoms with Crippen LogP contribution in [-0.2, 0) is 4.79 Å². The number of rotatable bonds is 11. The van der Waals surface area contributed by atoms with Gasteiger partial charge >= 0.3 is 0 Å². The zero-order valence-electron chi connectivity index (χ0n) is 27.1. The molecule has 6 nitrogen and oxygen atoms in total. The highest BCUT2D eigenvalue weighted by Gasteiger charge is 2.16. The summed E-state index contributed by atoms with van der Waals surface area (Å²) in [7, 11) is 0. The number of aromatic nitrogens is 3. The van der Waals surface area contributed by atoms with Crippen LogP contribution >= 0.6 is 0 Å².